The standard InChI is InChI=1S/C31H32N2O5S/c1-5-37-27-16-22(17-28-30(35)33(31(36)39-28)18-23-11-7-6-10-21(23)4)14-15-26(27)38-19-29(34)32-25-13-9-8-12-24(25)20(2)3/h6-17,20H,5,18-19H2,1-4H3,(H,32,34)/b28-17-. The summed E-state index contributed by atoms with van der Waals surface area (Å²) in [4.78, 5) is 39.8. The summed E-state index contributed by atoms with van der Waals surface area (Å²) in [5.41, 5.74) is 4.45. The second-order valence-electron chi connectivity index (χ2n) is 9.41. The number of para-hydroxylation sites is 1. The number of nitrogens with one attached hydrogen (secondary N) is 1. The highest BCUT2D eigenvalue weighted by Gasteiger charge is 2.35. The predicted octanol–water partition coefficient (Wildman–Crippen LogP) is 6.77. The molecule has 0 aromatic heterocycles. The molecule has 7 nitrogen and oxygen atoms in total. The van der Waals surface area contributed by atoms with Crippen molar-refractivity contribution in [3.63, 3.8) is 0 Å². The lowest BCUT2D eigenvalue weighted by Gasteiger charge is -2.15. The van der Waals surface area contributed by atoms with Crippen LogP contribution in [-0.4, -0.2) is 35.2 Å². The summed E-state index contributed by atoms with van der Waals surface area (Å²) in [7, 11) is 0. The van der Waals surface area contributed by atoms with Gasteiger partial charge in [-0.2, -0.15) is 0 Å². The monoisotopic (exact) mass is 544 g/mol. The zero-order valence-corrected chi connectivity index (χ0v) is 23.3. The number of hydrogen-bond acceptors (Lipinski definition) is 6. The Morgan fingerprint density at radius 2 is 1.74 bits per heavy atom. The molecule has 3 amide bonds. The van der Waals surface area contributed by atoms with Crippen molar-refractivity contribution >= 4 is 40.6 Å². The van der Waals surface area contributed by atoms with Crippen molar-refractivity contribution in [2.24, 2.45) is 0 Å². The average Bonchev–Trinajstić information content (AvgIpc) is 3.17. The molecule has 202 valence electrons. The highest BCUT2D eigenvalue weighted by Crippen LogP contribution is 2.35. The Kier molecular flexibility index (Phi) is 9.09. The number of anilines is 1. The zero-order valence-electron chi connectivity index (χ0n) is 22.5. The molecule has 1 fully saturated rings. The van der Waals surface area contributed by atoms with Crippen molar-refractivity contribution in [1.82, 2.24) is 4.90 Å². The van der Waals surface area contributed by atoms with E-state index in [-0.39, 0.29) is 36.1 Å². The molecule has 0 bridgehead atoms. The molecule has 1 aliphatic heterocycles. The lowest BCUT2D eigenvalue weighted by atomic mass is 10.0. The summed E-state index contributed by atoms with van der Waals surface area (Å²) in [5, 5.41) is 2.61. The highest BCUT2D eigenvalue weighted by atomic mass is 32.2. The summed E-state index contributed by atoms with van der Waals surface area (Å²) in [5.74, 6) is 0.514. The molecule has 0 saturated carbocycles. The van der Waals surface area contributed by atoms with E-state index >= 15 is 0 Å². The highest BCUT2D eigenvalue weighted by molar-refractivity contribution is 8.18. The minimum atomic E-state index is -0.329. The Bertz CT molecular complexity index is 1420. The number of nitrogens with zero attached hydrogens (tertiary/aromatic N) is 1. The maximum Gasteiger partial charge on any atom is 0.293 e. The molecule has 1 N–H and O–H groups in total. The minimum Gasteiger partial charge on any atom is -0.490 e. The lowest BCUT2D eigenvalue weighted by Crippen LogP contribution is -2.27. The molecule has 3 aromatic carbocycles. The van der Waals surface area contributed by atoms with Gasteiger partial charge in [0.25, 0.3) is 17.1 Å². The van der Waals surface area contributed by atoms with Gasteiger partial charge in [0, 0.05) is 5.69 Å². The van der Waals surface area contributed by atoms with Crippen molar-refractivity contribution in [3.8, 4) is 11.5 Å². The molecule has 0 atom stereocenters. The fourth-order valence-corrected chi connectivity index (χ4v) is 5.03. The van der Waals surface area contributed by atoms with Gasteiger partial charge in [0.15, 0.2) is 18.1 Å². The summed E-state index contributed by atoms with van der Waals surface area (Å²) in [6, 6.07) is 20.6. The van der Waals surface area contributed by atoms with E-state index in [1.165, 1.54) is 4.90 Å². The number of thioether (sulfide) groups is 1. The van der Waals surface area contributed by atoms with Crippen LogP contribution in [0.1, 0.15) is 48.9 Å². The Labute approximate surface area is 233 Å². The Balaban J connectivity index is 1.45. The van der Waals surface area contributed by atoms with Crippen LogP contribution in [0, 0.1) is 6.92 Å². The van der Waals surface area contributed by atoms with E-state index < -0.39 is 0 Å². The third-order valence-electron chi connectivity index (χ3n) is 6.24. The molecule has 0 unspecified atom stereocenters. The second-order valence-corrected chi connectivity index (χ2v) is 10.4. The first-order chi connectivity index (χ1) is 18.8. The Hall–Kier alpha value is -4.04. The molecule has 3 aromatic rings. The summed E-state index contributed by atoms with van der Waals surface area (Å²) in [6.45, 7) is 8.38. The van der Waals surface area contributed by atoms with Crippen LogP contribution < -0.4 is 14.8 Å². The molecular formula is C31H32N2O5S. The lowest BCUT2D eigenvalue weighted by molar-refractivity contribution is -0.123. The van der Waals surface area contributed by atoms with Crippen molar-refractivity contribution in [2.75, 3.05) is 18.5 Å². The topological polar surface area (TPSA) is 84.9 Å². The summed E-state index contributed by atoms with van der Waals surface area (Å²) in [6.07, 6.45) is 1.67. The van der Waals surface area contributed by atoms with Crippen molar-refractivity contribution in [3.05, 3.63) is 93.9 Å². The quantitative estimate of drug-likeness (QED) is 0.284. The van der Waals surface area contributed by atoms with Gasteiger partial charge in [-0.1, -0.05) is 62.4 Å². The van der Waals surface area contributed by atoms with E-state index in [9.17, 15) is 14.4 Å². The third kappa shape index (κ3) is 6.89. The fraction of sp³-hybridized carbons (Fsp3) is 0.258. The van der Waals surface area contributed by atoms with Crippen molar-refractivity contribution in [2.45, 2.75) is 40.2 Å². The van der Waals surface area contributed by atoms with Gasteiger partial charge in [-0.05, 0) is 78.1 Å². The normalized spacial score (nSPS) is 14.3. The average molecular weight is 545 g/mol. The largest absolute Gasteiger partial charge is 0.490 e. The van der Waals surface area contributed by atoms with Crippen LogP contribution in [0.5, 0.6) is 11.5 Å². The summed E-state index contributed by atoms with van der Waals surface area (Å²) >= 11 is 0.917. The van der Waals surface area contributed by atoms with Gasteiger partial charge in [0.1, 0.15) is 0 Å². The molecule has 4 rings (SSSR count). The minimum absolute atomic E-state index is 0.191. The van der Waals surface area contributed by atoms with E-state index in [0.717, 1.165) is 34.1 Å². The molecule has 0 spiro atoms. The van der Waals surface area contributed by atoms with E-state index in [1.54, 1.807) is 24.3 Å². The van der Waals surface area contributed by atoms with Crippen LogP contribution in [0.3, 0.4) is 0 Å². The van der Waals surface area contributed by atoms with Gasteiger partial charge >= 0.3 is 0 Å². The number of imide groups is 1. The van der Waals surface area contributed by atoms with Gasteiger partial charge in [0.2, 0.25) is 0 Å². The van der Waals surface area contributed by atoms with Crippen LogP contribution in [0.4, 0.5) is 10.5 Å². The van der Waals surface area contributed by atoms with Crippen LogP contribution in [0.15, 0.2) is 71.6 Å². The van der Waals surface area contributed by atoms with Gasteiger partial charge in [-0.3, -0.25) is 19.3 Å². The van der Waals surface area contributed by atoms with Crippen molar-refractivity contribution < 1.29 is 23.9 Å². The number of carbonyl (C=O) groups is 3. The number of ether oxygens (including phenoxy) is 2. The number of amides is 3. The van der Waals surface area contributed by atoms with Gasteiger partial charge in [-0.15, -0.1) is 0 Å². The number of benzene rings is 3. The number of carbonyl (C=O) groups excluding carboxylic acids is 3. The molecule has 0 radical (unpaired) electrons. The van der Waals surface area contributed by atoms with Crippen LogP contribution in [0.2, 0.25) is 0 Å². The smallest absolute Gasteiger partial charge is 0.293 e. The maximum atomic E-state index is 13.0. The van der Waals surface area contributed by atoms with Crippen LogP contribution in [-0.2, 0) is 16.1 Å². The maximum absolute atomic E-state index is 13.0. The Morgan fingerprint density at radius 1 is 1.00 bits per heavy atom. The van der Waals surface area contributed by atoms with E-state index in [2.05, 4.69) is 19.2 Å². The number of rotatable bonds is 10. The van der Waals surface area contributed by atoms with Crippen LogP contribution >= 0.6 is 11.8 Å². The summed E-state index contributed by atoms with van der Waals surface area (Å²) < 4.78 is 11.5. The Morgan fingerprint density at radius 3 is 2.49 bits per heavy atom. The first-order valence-electron chi connectivity index (χ1n) is 12.8. The molecule has 8 heteroatoms. The first-order valence-corrected chi connectivity index (χ1v) is 13.7. The number of aryl methyl sites for hydroxylation is 1. The molecule has 0 aliphatic carbocycles. The molecule has 1 aliphatic rings. The van der Waals surface area contributed by atoms with Gasteiger partial charge in [-0.25, -0.2) is 0 Å². The van der Waals surface area contributed by atoms with Gasteiger partial charge < -0.3 is 14.8 Å². The van der Waals surface area contributed by atoms with E-state index in [0.29, 0.717) is 28.6 Å². The molecular weight excluding hydrogens is 512 g/mol. The first kappa shape index (κ1) is 28.0. The third-order valence-corrected chi connectivity index (χ3v) is 7.15. The molecule has 1 saturated heterocycles. The fourth-order valence-electron chi connectivity index (χ4n) is 4.19. The SMILES string of the molecule is CCOc1cc(/C=C2\SC(=O)N(Cc3ccccc3C)C2=O)ccc1OCC(=O)Nc1ccccc1C(C)C. The predicted molar refractivity (Wildman–Crippen MR) is 155 cm³/mol. The number of hydrogen-bond donors (Lipinski definition) is 1. The zero-order chi connectivity index (χ0) is 27.9. The molecule has 39 heavy (non-hydrogen) atoms. The molecule has 1 heterocycles. The van der Waals surface area contributed by atoms with E-state index in [4.69, 9.17) is 9.47 Å². The van der Waals surface area contributed by atoms with Crippen molar-refractivity contribution in [1.29, 1.82) is 0 Å². The second kappa shape index (κ2) is 12.7. The van der Waals surface area contributed by atoms with Crippen LogP contribution in [0.25, 0.3) is 6.08 Å². The van der Waals surface area contributed by atoms with Gasteiger partial charge in [0.05, 0.1) is 18.1 Å². The van der Waals surface area contributed by atoms with E-state index in [1.807, 2.05) is 62.4 Å².